The van der Waals surface area contributed by atoms with Gasteiger partial charge in [0.25, 0.3) is 0 Å². The summed E-state index contributed by atoms with van der Waals surface area (Å²) in [6.45, 7) is 10.3. The van der Waals surface area contributed by atoms with Crippen LogP contribution in [0.15, 0.2) is 12.4 Å². The second-order valence-corrected chi connectivity index (χ2v) is 5.90. The number of aromatic nitrogens is 2. The quantitative estimate of drug-likeness (QED) is 0.814. The van der Waals surface area contributed by atoms with E-state index in [2.05, 4.69) is 41.6 Å². The fourth-order valence-electron chi connectivity index (χ4n) is 2.79. The number of hydrogen-bond acceptors (Lipinski definition) is 2. The van der Waals surface area contributed by atoms with E-state index in [1.165, 1.54) is 44.3 Å². The average molecular weight is 249 g/mol. The third-order valence-corrected chi connectivity index (χ3v) is 4.11. The molecule has 0 saturated carbocycles. The van der Waals surface area contributed by atoms with Crippen LogP contribution >= 0.6 is 0 Å². The zero-order valence-corrected chi connectivity index (χ0v) is 12.1. The van der Waals surface area contributed by atoms with Gasteiger partial charge >= 0.3 is 0 Å². The molecule has 18 heavy (non-hydrogen) atoms. The van der Waals surface area contributed by atoms with Crippen molar-refractivity contribution in [2.45, 2.75) is 59.0 Å². The van der Waals surface area contributed by atoms with Gasteiger partial charge in [-0.15, -0.1) is 0 Å². The van der Waals surface area contributed by atoms with Crippen LogP contribution in [0.2, 0.25) is 0 Å². The zero-order valence-electron chi connectivity index (χ0n) is 12.1. The first kappa shape index (κ1) is 13.6. The van der Waals surface area contributed by atoms with Gasteiger partial charge in [-0.05, 0) is 52.1 Å². The van der Waals surface area contributed by atoms with Crippen LogP contribution < -0.4 is 0 Å². The van der Waals surface area contributed by atoms with Crippen molar-refractivity contribution >= 4 is 0 Å². The predicted molar refractivity (Wildman–Crippen MR) is 75.5 cm³/mol. The minimum atomic E-state index is 0.465. The molecule has 1 aromatic rings. The molecule has 3 heteroatoms. The van der Waals surface area contributed by atoms with Gasteiger partial charge in [-0.1, -0.05) is 13.3 Å². The Bertz CT molecular complexity index is 356. The van der Waals surface area contributed by atoms with E-state index < -0.39 is 0 Å². The Hall–Kier alpha value is -0.830. The molecule has 0 amide bonds. The highest BCUT2D eigenvalue weighted by Gasteiger charge is 2.16. The molecule has 2 rings (SSSR count). The molecule has 1 saturated heterocycles. The molecule has 3 nitrogen and oxygen atoms in total. The van der Waals surface area contributed by atoms with Crippen LogP contribution in [0.4, 0.5) is 0 Å². The van der Waals surface area contributed by atoms with Gasteiger partial charge in [0.05, 0.1) is 6.20 Å². The van der Waals surface area contributed by atoms with Crippen LogP contribution in [0.3, 0.4) is 0 Å². The molecule has 2 heterocycles. The fraction of sp³-hybridized carbons (Fsp3) is 0.800. The van der Waals surface area contributed by atoms with Crippen LogP contribution in [0, 0.1) is 5.92 Å². The van der Waals surface area contributed by atoms with E-state index in [1.807, 2.05) is 6.20 Å². The van der Waals surface area contributed by atoms with Gasteiger partial charge in [0.2, 0.25) is 0 Å². The fourth-order valence-corrected chi connectivity index (χ4v) is 2.79. The van der Waals surface area contributed by atoms with Crippen molar-refractivity contribution in [2.75, 3.05) is 13.1 Å². The Morgan fingerprint density at radius 1 is 1.33 bits per heavy atom. The summed E-state index contributed by atoms with van der Waals surface area (Å²) in [5, 5.41) is 4.43. The third kappa shape index (κ3) is 3.58. The Morgan fingerprint density at radius 2 is 2.17 bits per heavy atom. The maximum atomic E-state index is 4.43. The van der Waals surface area contributed by atoms with Crippen molar-refractivity contribution in [1.29, 1.82) is 0 Å². The van der Waals surface area contributed by atoms with E-state index in [1.54, 1.807) is 0 Å². The molecule has 102 valence electrons. The minimum absolute atomic E-state index is 0.465. The van der Waals surface area contributed by atoms with E-state index in [9.17, 15) is 0 Å². The highest BCUT2D eigenvalue weighted by atomic mass is 15.3. The molecule has 0 spiro atoms. The molecule has 0 radical (unpaired) electrons. The molecule has 1 aliphatic rings. The Morgan fingerprint density at radius 3 is 2.83 bits per heavy atom. The summed E-state index contributed by atoms with van der Waals surface area (Å²) >= 11 is 0. The number of hydrogen-bond donors (Lipinski definition) is 0. The Kier molecular flexibility index (Phi) is 4.81. The van der Waals surface area contributed by atoms with Crippen molar-refractivity contribution in [3.05, 3.63) is 18.0 Å². The van der Waals surface area contributed by atoms with Crippen LogP contribution in [0.5, 0.6) is 0 Å². The lowest BCUT2D eigenvalue weighted by molar-refractivity contribution is 0.272. The van der Waals surface area contributed by atoms with Crippen molar-refractivity contribution < 1.29 is 0 Å². The van der Waals surface area contributed by atoms with E-state index >= 15 is 0 Å². The second-order valence-electron chi connectivity index (χ2n) is 5.90. The summed E-state index contributed by atoms with van der Waals surface area (Å²) in [5.41, 5.74) is 1.36. The number of nitrogens with zero attached hydrogens (tertiary/aromatic N) is 3. The summed E-state index contributed by atoms with van der Waals surface area (Å²) < 4.78 is 2.06. The first-order chi connectivity index (χ1) is 8.69. The molecular formula is C15H27N3. The molecular weight excluding hydrogens is 222 g/mol. The molecule has 1 aliphatic heterocycles. The van der Waals surface area contributed by atoms with Crippen LogP contribution in [0.1, 0.15) is 58.1 Å². The standard InChI is InChI=1S/C15H27N3/c1-4-14-6-5-8-17(9-7-14)11-15-10-16-18(12-15)13(2)3/h10,12-14H,4-9,11H2,1-3H3/t14-/m0/s1. The number of likely N-dealkylation sites (tertiary alicyclic amines) is 1. The van der Waals surface area contributed by atoms with Gasteiger partial charge in [-0.3, -0.25) is 9.58 Å². The summed E-state index contributed by atoms with van der Waals surface area (Å²) in [7, 11) is 0. The van der Waals surface area contributed by atoms with Crippen molar-refractivity contribution in [2.24, 2.45) is 5.92 Å². The maximum Gasteiger partial charge on any atom is 0.0534 e. The molecule has 0 aromatic carbocycles. The van der Waals surface area contributed by atoms with Gasteiger partial charge in [0.1, 0.15) is 0 Å². The van der Waals surface area contributed by atoms with Crippen molar-refractivity contribution in [3.63, 3.8) is 0 Å². The smallest absolute Gasteiger partial charge is 0.0534 e. The zero-order chi connectivity index (χ0) is 13.0. The third-order valence-electron chi connectivity index (χ3n) is 4.11. The van der Waals surface area contributed by atoms with Crippen LogP contribution in [0.25, 0.3) is 0 Å². The first-order valence-electron chi connectivity index (χ1n) is 7.44. The van der Waals surface area contributed by atoms with Crippen molar-refractivity contribution in [3.8, 4) is 0 Å². The maximum absolute atomic E-state index is 4.43. The molecule has 0 N–H and O–H groups in total. The lowest BCUT2D eigenvalue weighted by atomic mass is 9.98. The molecule has 0 bridgehead atoms. The largest absolute Gasteiger partial charge is 0.299 e. The molecule has 0 unspecified atom stereocenters. The topological polar surface area (TPSA) is 21.1 Å². The van der Waals surface area contributed by atoms with E-state index in [0.717, 1.165) is 12.5 Å². The Balaban J connectivity index is 1.88. The van der Waals surface area contributed by atoms with Crippen molar-refractivity contribution in [1.82, 2.24) is 14.7 Å². The normalized spacial score (nSPS) is 22.3. The predicted octanol–water partition coefficient (Wildman–Crippen LogP) is 3.48. The molecule has 1 aromatic heterocycles. The van der Waals surface area contributed by atoms with E-state index in [-0.39, 0.29) is 0 Å². The van der Waals surface area contributed by atoms with Gasteiger partial charge in [0, 0.05) is 24.3 Å². The Labute approximate surface area is 111 Å². The first-order valence-corrected chi connectivity index (χ1v) is 7.44. The lowest BCUT2D eigenvalue weighted by Crippen LogP contribution is -2.24. The summed E-state index contributed by atoms with van der Waals surface area (Å²) in [6, 6.07) is 0.465. The van der Waals surface area contributed by atoms with E-state index in [0.29, 0.717) is 6.04 Å². The van der Waals surface area contributed by atoms with Gasteiger partial charge in [-0.2, -0.15) is 5.10 Å². The minimum Gasteiger partial charge on any atom is -0.299 e. The monoisotopic (exact) mass is 249 g/mol. The molecule has 1 atom stereocenters. The van der Waals surface area contributed by atoms with Gasteiger partial charge in [0.15, 0.2) is 0 Å². The summed E-state index contributed by atoms with van der Waals surface area (Å²) in [4.78, 5) is 2.59. The van der Waals surface area contributed by atoms with Crippen LogP contribution in [-0.2, 0) is 6.54 Å². The van der Waals surface area contributed by atoms with Gasteiger partial charge in [-0.25, -0.2) is 0 Å². The summed E-state index contributed by atoms with van der Waals surface area (Å²) in [6.07, 6.45) is 9.72. The lowest BCUT2D eigenvalue weighted by Gasteiger charge is -2.19. The second kappa shape index (κ2) is 6.37. The number of rotatable bonds is 4. The molecule has 1 fully saturated rings. The average Bonchev–Trinajstić information content (AvgIpc) is 2.69. The molecule has 0 aliphatic carbocycles. The summed E-state index contributed by atoms with van der Waals surface area (Å²) in [5.74, 6) is 0.952. The SMILES string of the molecule is CC[C@H]1CCCN(Cc2cnn(C(C)C)c2)CC1. The highest BCUT2D eigenvalue weighted by Crippen LogP contribution is 2.21. The van der Waals surface area contributed by atoms with E-state index in [4.69, 9.17) is 0 Å². The van der Waals surface area contributed by atoms with Gasteiger partial charge < -0.3 is 0 Å². The van der Waals surface area contributed by atoms with Crippen LogP contribution in [-0.4, -0.2) is 27.8 Å². The highest BCUT2D eigenvalue weighted by molar-refractivity contribution is 5.04.